The average molecular weight is 202 g/mol. The van der Waals surface area contributed by atoms with Gasteiger partial charge in [0, 0.05) is 12.1 Å². The first-order valence-electron chi connectivity index (χ1n) is 5.13. The van der Waals surface area contributed by atoms with Gasteiger partial charge in [0.2, 0.25) is 0 Å². The highest BCUT2D eigenvalue weighted by Gasteiger charge is 2.41. The van der Waals surface area contributed by atoms with Crippen molar-refractivity contribution in [1.82, 2.24) is 5.32 Å². The summed E-state index contributed by atoms with van der Waals surface area (Å²) in [6.07, 6.45) is 2.11. The summed E-state index contributed by atoms with van der Waals surface area (Å²) in [5.74, 6) is 0. The number of rotatable bonds is 4. The van der Waals surface area contributed by atoms with Gasteiger partial charge in [-0.05, 0) is 30.5 Å². The van der Waals surface area contributed by atoms with Gasteiger partial charge in [-0.1, -0.05) is 12.1 Å². The molecule has 0 saturated heterocycles. The first-order valence-corrected chi connectivity index (χ1v) is 5.13. The molecule has 0 amide bonds. The number of hydrogen-bond acceptors (Lipinski definition) is 3. The molecule has 78 valence electrons. The number of nitrogens with zero attached hydrogens (tertiary/aromatic N) is 1. The molecule has 2 N–H and O–H groups in total. The van der Waals surface area contributed by atoms with Crippen LogP contribution < -0.4 is 5.32 Å². The normalized spacial score (nSPS) is 17.1. The molecule has 2 rings (SSSR count). The van der Waals surface area contributed by atoms with Gasteiger partial charge in [-0.25, -0.2) is 0 Å². The number of aliphatic hydroxyl groups is 1. The largest absolute Gasteiger partial charge is 0.394 e. The maximum Gasteiger partial charge on any atom is 0.0991 e. The van der Waals surface area contributed by atoms with Gasteiger partial charge in [0.25, 0.3) is 0 Å². The molecule has 0 aromatic heterocycles. The van der Waals surface area contributed by atoms with Crippen molar-refractivity contribution in [2.75, 3.05) is 6.61 Å². The summed E-state index contributed by atoms with van der Waals surface area (Å²) in [6, 6.07) is 9.61. The van der Waals surface area contributed by atoms with Crippen LogP contribution in [0.3, 0.4) is 0 Å². The van der Waals surface area contributed by atoms with Crippen LogP contribution in [0.5, 0.6) is 0 Å². The third-order valence-electron chi connectivity index (χ3n) is 2.91. The second kappa shape index (κ2) is 4.01. The van der Waals surface area contributed by atoms with Gasteiger partial charge < -0.3 is 10.4 Å². The number of aliphatic hydroxyl groups excluding tert-OH is 1. The molecule has 0 unspecified atom stereocenters. The summed E-state index contributed by atoms with van der Waals surface area (Å²) in [5, 5.41) is 21.1. The van der Waals surface area contributed by atoms with Crippen molar-refractivity contribution in [3.8, 4) is 6.07 Å². The molecule has 0 bridgehead atoms. The molecule has 0 radical (unpaired) electrons. The summed E-state index contributed by atoms with van der Waals surface area (Å²) >= 11 is 0. The Kier molecular flexibility index (Phi) is 2.72. The molecule has 0 aliphatic heterocycles. The van der Waals surface area contributed by atoms with Crippen LogP contribution in [-0.4, -0.2) is 17.3 Å². The number of hydrogen-bond donors (Lipinski definition) is 2. The van der Waals surface area contributed by atoms with E-state index < -0.39 is 0 Å². The first kappa shape index (κ1) is 10.2. The Morgan fingerprint density at radius 3 is 2.47 bits per heavy atom. The molecular formula is C12H14N2O. The van der Waals surface area contributed by atoms with Gasteiger partial charge in [-0.2, -0.15) is 5.26 Å². The van der Waals surface area contributed by atoms with Gasteiger partial charge in [0.15, 0.2) is 0 Å². The predicted molar refractivity (Wildman–Crippen MR) is 57.0 cm³/mol. The molecule has 0 spiro atoms. The maximum absolute atomic E-state index is 9.11. The van der Waals surface area contributed by atoms with E-state index in [1.165, 1.54) is 0 Å². The van der Waals surface area contributed by atoms with E-state index in [1.54, 1.807) is 0 Å². The van der Waals surface area contributed by atoms with Crippen molar-refractivity contribution in [3.63, 3.8) is 0 Å². The summed E-state index contributed by atoms with van der Waals surface area (Å²) in [6.45, 7) is 0.968. The van der Waals surface area contributed by atoms with Crippen molar-refractivity contribution in [2.24, 2.45) is 0 Å². The van der Waals surface area contributed by atoms with Gasteiger partial charge in [0.1, 0.15) is 0 Å². The minimum atomic E-state index is -0.0199. The first-order chi connectivity index (χ1) is 7.28. The zero-order chi connectivity index (χ0) is 10.7. The monoisotopic (exact) mass is 202 g/mol. The molecule has 1 aliphatic rings. The van der Waals surface area contributed by atoms with Crippen LogP contribution in [-0.2, 0) is 6.54 Å². The lowest BCUT2D eigenvalue weighted by molar-refractivity contribution is 0.229. The Bertz CT molecular complexity index is 374. The van der Waals surface area contributed by atoms with Crippen molar-refractivity contribution in [1.29, 1.82) is 5.26 Å². The van der Waals surface area contributed by atoms with E-state index in [-0.39, 0.29) is 12.1 Å². The lowest BCUT2D eigenvalue weighted by Gasteiger charge is -2.13. The topological polar surface area (TPSA) is 56.0 Å². The summed E-state index contributed by atoms with van der Waals surface area (Å²) in [7, 11) is 0. The maximum atomic E-state index is 9.11. The molecule has 0 atom stereocenters. The van der Waals surface area contributed by atoms with E-state index >= 15 is 0 Å². The Hall–Kier alpha value is -1.37. The number of benzene rings is 1. The van der Waals surface area contributed by atoms with E-state index in [0.29, 0.717) is 5.56 Å². The molecule has 3 nitrogen and oxygen atoms in total. The smallest absolute Gasteiger partial charge is 0.0991 e. The van der Waals surface area contributed by atoms with Crippen molar-refractivity contribution in [2.45, 2.75) is 24.9 Å². The second-order valence-corrected chi connectivity index (χ2v) is 4.10. The van der Waals surface area contributed by atoms with E-state index in [0.717, 1.165) is 24.9 Å². The molecule has 1 fully saturated rings. The molecule has 0 heterocycles. The summed E-state index contributed by atoms with van der Waals surface area (Å²) in [4.78, 5) is 0. The van der Waals surface area contributed by atoms with Crippen LogP contribution in [0.4, 0.5) is 0 Å². The van der Waals surface area contributed by atoms with Gasteiger partial charge >= 0.3 is 0 Å². The molecular weight excluding hydrogens is 188 g/mol. The Morgan fingerprint density at radius 2 is 2.00 bits per heavy atom. The van der Waals surface area contributed by atoms with Gasteiger partial charge in [0.05, 0.1) is 18.2 Å². The molecule has 3 heteroatoms. The average Bonchev–Trinajstić information content (AvgIpc) is 3.08. The Labute approximate surface area is 89.4 Å². The van der Waals surface area contributed by atoms with Crippen molar-refractivity contribution in [3.05, 3.63) is 35.4 Å². The second-order valence-electron chi connectivity index (χ2n) is 4.10. The zero-order valence-electron chi connectivity index (χ0n) is 8.53. The fourth-order valence-corrected chi connectivity index (χ4v) is 1.53. The third-order valence-corrected chi connectivity index (χ3v) is 2.91. The highest BCUT2D eigenvalue weighted by Crippen LogP contribution is 2.34. The van der Waals surface area contributed by atoms with E-state index in [2.05, 4.69) is 11.4 Å². The molecule has 15 heavy (non-hydrogen) atoms. The van der Waals surface area contributed by atoms with E-state index in [4.69, 9.17) is 10.4 Å². The molecule has 1 aliphatic carbocycles. The van der Waals surface area contributed by atoms with Crippen LogP contribution >= 0.6 is 0 Å². The third kappa shape index (κ3) is 2.35. The van der Waals surface area contributed by atoms with Crippen molar-refractivity contribution < 1.29 is 5.11 Å². The van der Waals surface area contributed by atoms with Gasteiger partial charge in [-0.15, -0.1) is 0 Å². The van der Waals surface area contributed by atoms with E-state index in [9.17, 15) is 0 Å². The quantitative estimate of drug-likeness (QED) is 0.770. The van der Waals surface area contributed by atoms with Crippen LogP contribution in [0.15, 0.2) is 24.3 Å². The lowest BCUT2D eigenvalue weighted by atomic mass is 10.1. The molecule has 1 saturated carbocycles. The van der Waals surface area contributed by atoms with Gasteiger partial charge in [-0.3, -0.25) is 0 Å². The van der Waals surface area contributed by atoms with Crippen molar-refractivity contribution >= 4 is 0 Å². The molecule has 1 aromatic rings. The highest BCUT2D eigenvalue weighted by molar-refractivity contribution is 5.31. The fraction of sp³-hybridized carbons (Fsp3) is 0.417. The summed E-state index contributed by atoms with van der Waals surface area (Å²) in [5.41, 5.74) is 1.81. The number of nitrogens with one attached hydrogen (secondary N) is 1. The van der Waals surface area contributed by atoms with E-state index in [1.807, 2.05) is 24.3 Å². The SMILES string of the molecule is N#Cc1ccc(CNC2(CO)CC2)cc1. The lowest BCUT2D eigenvalue weighted by Crippen LogP contribution is -2.34. The van der Waals surface area contributed by atoms with Crippen LogP contribution in [0.2, 0.25) is 0 Å². The summed E-state index contributed by atoms with van der Waals surface area (Å²) < 4.78 is 0. The van der Waals surface area contributed by atoms with Crippen LogP contribution in [0.25, 0.3) is 0 Å². The minimum absolute atomic E-state index is 0.0199. The van der Waals surface area contributed by atoms with Crippen LogP contribution in [0, 0.1) is 11.3 Å². The fourth-order valence-electron chi connectivity index (χ4n) is 1.53. The standard InChI is InChI=1S/C12H14N2O/c13-7-10-1-3-11(4-2-10)8-14-12(9-15)5-6-12/h1-4,14-15H,5-6,8-9H2. The van der Waals surface area contributed by atoms with Crippen LogP contribution in [0.1, 0.15) is 24.0 Å². The Morgan fingerprint density at radius 1 is 1.33 bits per heavy atom. The predicted octanol–water partition coefficient (Wildman–Crippen LogP) is 1.17. The Balaban J connectivity index is 1.91. The molecule has 1 aromatic carbocycles. The highest BCUT2D eigenvalue weighted by atomic mass is 16.3. The zero-order valence-corrected chi connectivity index (χ0v) is 8.53. The number of nitriles is 1. The minimum Gasteiger partial charge on any atom is -0.394 e.